The summed E-state index contributed by atoms with van der Waals surface area (Å²) >= 11 is 0. The number of carbonyl (C=O) groups is 4. The zero-order chi connectivity index (χ0) is 71.8. The minimum absolute atomic E-state index is 0.0839. The number of carbonyl (C=O) groups excluding carboxylic acids is 4. The van der Waals surface area contributed by atoms with Gasteiger partial charge in [-0.05, 0) is 116 Å². The summed E-state index contributed by atoms with van der Waals surface area (Å²) < 4.78 is 68.5. The lowest BCUT2D eigenvalue weighted by Crippen LogP contribution is -2.30. The molecule has 19 heteroatoms. The molecule has 572 valence electrons. The molecule has 0 fully saturated rings. The highest BCUT2D eigenvalue weighted by Gasteiger charge is 2.30. The van der Waals surface area contributed by atoms with Gasteiger partial charge in [-0.2, -0.15) is 0 Å². The van der Waals surface area contributed by atoms with Crippen molar-refractivity contribution in [1.29, 1.82) is 0 Å². The van der Waals surface area contributed by atoms with Crippen molar-refractivity contribution >= 4 is 39.5 Å². The molecule has 0 aliphatic rings. The van der Waals surface area contributed by atoms with E-state index in [0.29, 0.717) is 25.7 Å². The number of esters is 4. The summed E-state index contributed by atoms with van der Waals surface area (Å²) in [6.45, 7) is 4.84. The first kappa shape index (κ1) is 94.8. The van der Waals surface area contributed by atoms with E-state index in [9.17, 15) is 43.2 Å². The van der Waals surface area contributed by atoms with Gasteiger partial charge in [0, 0.05) is 25.7 Å². The van der Waals surface area contributed by atoms with Crippen LogP contribution >= 0.6 is 15.6 Å². The van der Waals surface area contributed by atoms with Crippen LogP contribution in [0.4, 0.5) is 0 Å². The van der Waals surface area contributed by atoms with E-state index in [2.05, 4.69) is 88.5 Å². The van der Waals surface area contributed by atoms with Crippen LogP contribution < -0.4 is 0 Å². The molecular formula is C79H144O17P2. The Kier molecular flexibility index (Phi) is 69.7. The number of phosphoric ester groups is 2. The lowest BCUT2D eigenvalue weighted by molar-refractivity contribution is -0.161. The summed E-state index contributed by atoms with van der Waals surface area (Å²) in [6.07, 6.45) is 70.5. The van der Waals surface area contributed by atoms with Crippen LogP contribution in [0.25, 0.3) is 0 Å². The fourth-order valence-corrected chi connectivity index (χ4v) is 12.4. The number of allylic oxidation sites excluding steroid dienone is 10. The molecule has 0 amide bonds. The molecule has 17 nitrogen and oxygen atoms in total. The number of aliphatic hydroxyl groups excluding tert-OH is 1. The second kappa shape index (κ2) is 72.1. The highest BCUT2D eigenvalue weighted by molar-refractivity contribution is 7.47. The van der Waals surface area contributed by atoms with Gasteiger partial charge in [-0.25, -0.2) is 9.13 Å². The SMILES string of the molecule is CCCCC/C=C\C/C=C\CCCCCCCC(=O)OC[C@H](COP(=O)(O)OC[C@@H](O)COP(=O)(O)OC[C@@H](COC(=O)CCCCCCCCCCCCCCC)OC(=O)CCCCCCC/C=C\C/C=C\CCCCC)OC(=O)CCCCCCCCC/C=C\CCCCCC. The van der Waals surface area contributed by atoms with E-state index in [1.807, 2.05) is 0 Å². The van der Waals surface area contributed by atoms with E-state index >= 15 is 0 Å². The zero-order valence-corrected chi connectivity index (χ0v) is 64.3. The topological polar surface area (TPSA) is 237 Å². The first-order chi connectivity index (χ1) is 47.7. The monoisotopic (exact) mass is 1430 g/mol. The maximum Gasteiger partial charge on any atom is 0.472 e. The highest BCUT2D eigenvalue weighted by atomic mass is 31.2. The average molecular weight is 1430 g/mol. The molecule has 0 heterocycles. The van der Waals surface area contributed by atoms with E-state index in [4.69, 9.17) is 37.0 Å². The Labute approximate surface area is 597 Å². The largest absolute Gasteiger partial charge is 0.472 e. The molecule has 0 spiro atoms. The molecule has 0 saturated carbocycles. The molecular weight excluding hydrogens is 1280 g/mol. The molecule has 0 aliphatic carbocycles. The molecule has 0 saturated heterocycles. The van der Waals surface area contributed by atoms with Gasteiger partial charge in [0.15, 0.2) is 12.2 Å². The lowest BCUT2D eigenvalue weighted by Gasteiger charge is -2.21. The number of hydrogen-bond acceptors (Lipinski definition) is 15. The second-order valence-electron chi connectivity index (χ2n) is 26.7. The van der Waals surface area contributed by atoms with E-state index in [0.717, 1.165) is 161 Å². The maximum absolute atomic E-state index is 13.1. The summed E-state index contributed by atoms with van der Waals surface area (Å²) in [5.74, 6) is -2.18. The van der Waals surface area contributed by atoms with E-state index < -0.39 is 97.5 Å². The van der Waals surface area contributed by atoms with Gasteiger partial charge in [-0.3, -0.25) is 37.3 Å². The van der Waals surface area contributed by atoms with Crippen molar-refractivity contribution < 1.29 is 80.2 Å². The molecule has 98 heavy (non-hydrogen) atoms. The van der Waals surface area contributed by atoms with E-state index in [-0.39, 0.29) is 25.7 Å². The smallest absolute Gasteiger partial charge is 0.462 e. The van der Waals surface area contributed by atoms with E-state index in [1.165, 1.54) is 122 Å². The van der Waals surface area contributed by atoms with Gasteiger partial charge < -0.3 is 33.8 Å². The molecule has 0 rings (SSSR count). The highest BCUT2D eigenvalue weighted by Crippen LogP contribution is 2.45. The Hall–Kier alpha value is -3.24. The van der Waals surface area contributed by atoms with Crippen molar-refractivity contribution in [1.82, 2.24) is 0 Å². The number of aliphatic hydroxyl groups is 1. The van der Waals surface area contributed by atoms with Crippen LogP contribution in [0.2, 0.25) is 0 Å². The predicted molar refractivity (Wildman–Crippen MR) is 400 cm³/mol. The Bertz CT molecular complexity index is 2100. The summed E-state index contributed by atoms with van der Waals surface area (Å²) in [7, 11) is -9.94. The fraction of sp³-hybridized carbons (Fsp3) is 0.823. The van der Waals surface area contributed by atoms with Crippen LogP contribution in [0.3, 0.4) is 0 Å². The van der Waals surface area contributed by atoms with Gasteiger partial charge in [0.05, 0.1) is 26.4 Å². The molecule has 0 aromatic rings. The number of ether oxygens (including phenoxy) is 4. The molecule has 0 aliphatic heterocycles. The van der Waals surface area contributed by atoms with Crippen LogP contribution in [0.15, 0.2) is 60.8 Å². The third-order valence-electron chi connectivity index (χ3n) is 17.0. The number of phosphoric acid groups is 2. The van der Waals surface area contributed by atoms with Crippen LogP contribution in [-0.2, 0) is 65.4 Å². The van der Waals surface area contributed by atoms with Gasteiger partial charge in [-0.15, -0.1) is 0 Å². The molecule has 0 aromatic carbocycles. The average Bonchev–Trinajstić information content (AvgIpc) is 1.04. The summed E-state index contributed by atoms with van der Waals surface area (Å²) in [4.78, 5) is 72.9. The van der Waals surface area contributed by atoms with Crippen LogP contribution in [0.1, 0.15) is 362 Å². The van der Waals surface area contributed by atoms with Crippen molar-refractivity contribution in [2.75, 3.05) is 39.6 Å². The van der Waals surface area contributed by atoms with Crippen molar-refractivity contribution in [2.45, 2.75) is 380 Å². The van der Waals surface area contributed by atoms with Crippen molar-refractivity contribution in [3.05, 3.63) is 60.8 Å². The minimum atomic E-state index is -4.97. The van der Waals surface area contributed by atoms with Gasteiger partial charge in [0.1, 0.15) is 19.3 Å². The Balaban J connectivity index is 5.34. The normalized spacial score (nSPS) is 14.2. The van der Waals surface area contributed by atoms with Gasteiger partial charge in [0.2, 0.25) is 0 Å². The van der Waals surface area contributed by atoms with Gasteiger partial charge >= 0.3 is 39.5 Å². The first-order valence-electron chi connectivity index (χ1n) is 39.5. The minimum Gasteiger partial charge on any atom is -0.462 e. The number of hydrogen-bond donors (Lipinski definition) is 3. The third kappa shape index (κ3) is 71.2. The van der Waals surface area contributed by atoms with Gasteiger partial charge in [0.25, 0.3) is 0 Å². The van der Waals surface area contributed by atoms with Crippen molar-refractivity contribution in [3.63, 3.8) is 0 Å². The molecule has 2 unspecified atom stereocenters. The molecule has 5 atom stereocenters. The number of rotatable bonds is 75. The number of unbranched alkanes of at least 4 members (excludes halogenated alkanes) is 39. The van der Waals surface area contributed by atoms with Gasteiger partial charge in [-0.1, -0.05) is 281 Å². The molecule has 3 N–H and O–H groups in total. The van der Waals surface area contributed by atoms with Crippen LogP contribution in [0, 0.1) is 0 Å². The van der Waals surface area contributed by atoms with Crippen molar-refractivity contribution in [2.24, 2.45) is 0 Å². The molecule has 0 radical (unpaired) electrons. The molecule has 0 aromatic heterocycles. The third-order valence-corrected chi connectivity index (χ3v) is 18.9. The van der Waals surface area contributed by atoms with Crippen LogP contribution in [0.5, 0.6) is 0 Å². The lowest BCUT2D eigenvalue weighted by atomic mass is 10.0. The predicted octanol–water partition coefficient (Wildman–Crippen LogP) is 22.7. The fourth-order valence-electron chi connectivity index (χ4n) is 10.9. The standard InChI is InChI=1S/C79H144O17P2/c1-5-9-13-17-21-25-29-33-36-40-44-48-52-56-60-64-77(82)90-70-75(96-79(84)66-62-58-54-50-46-42-38-35-31-27-23-19-15-11-7-3)72-94-98(87,88)92-68-73(80)67-91-97(85,86)93-71-74(69-89-76(81)63-59-55-51-47-43-39-32-28-24-20-16-12-8-4)95-78(83)65-61-57-53-49-45-41-37-34-30-26-22-18-14-10-6-2/h21-22,25-27,31,33-34,36-37,73-75,80H,5-20,23-24,28-30,32,35,38-72H2,1-4H3,(H,85,86)(H,87,88)/b25-21-,26-22-,31-27-,36-33-,37-34-/t73-,74+,75+/m0/s1. The van der Waals surface area contributed by atoms with E-state index in [1.54, 1.807) is 0 Å². The zero-order valence-electron chi connectivity index (χ0n) is 62.5. The Morgan fingerprint density at radius 3 is 0.796 bits per heavy atom. The molecule has 0 bridgehead atoms. The first-order valence-corrected chi connectivity index (χ1v) is 42.5. The summed E-state index contributed by atoms with van der Waals surface area (Å²) in [6, 6.07) is 0. The quantitative estimate of drug-likeness (QED) is 0.0169. The summed E-state index contributed by atoms with van der Waals surface area (Å²) in [5, 5.41) is 10.6. The maximum atomic E-state index is 13.1. The van der Waals surface area contributed by atoms with Crippen molar-refractivity contribution in [3.8, 4) is 0 Å². The Morgan fingerprint density at radius 1 is 0.286 bits per heavy atom. The summed E-state index contributed by atoms with van der Waals surface area (Å²) in [5.41, 5.74) is 0. The Morgan fingerprint density at radius 2 is 0.500 bits per heavy atom. The van der Waals surface area contributed by atoms with Crippen LogP contribution in [-0.4, -0.2) is 96.7 Å². The second-order valence-corrected chi connectivity index (χ2v) is 29.6.